The smallest absolute Gasteiger partial charge is 0.312 e. The van der Waals surface area contributed by atoms with Crippen LogP contribution < -0.4 is 5.32 Å². The summed E-state index contributed by atoms with van der Waals surface area (Å²) in [4.78, 5) is 38.1. The average Bonchev–Trinajstić information content (AvgIpc) is 2.95. The van der Waals surface area contributed by atoms with E-state index in [1.807, 2.05) is 19.9 Å². The molecule has 4 bridgehead atoms. The van der Waals surface area contributed by atoms with Gasteiger partial charge in [-0.15, -0.1) is 0 Å². The molecule has 4 saturated carbocycles. The predicted octanol–water partition coefficient (Wildman–Crippen LogP) is 4.35. The molecule has 2 unspecified atom stereocenters. The predicted molar refractivity (Wildman–Crippen MR) is 122 cm³/mol. The van der Waals surface area contributed by atoms with Crippen molar-refractivity contribution in [3.8, 4) is 0 Å². The summed E-state index contributed by atoms with van der Waals surface area (Å²) in [5.41, 5.74) is 1.83. The van der Waals surface area contributed by atoms with E-state index in [0.29, 0.717) is 29.7 Å². The monoisotopic (exact) mass is 442 g/mol. The Bertz CT molecular complexity index is 915. The van der Waals surface area contributed by atoms with Crippen molar-refractivity contribution in [1.29, 1.82) is 0 Å². The molecule has 4 aliphatic rings. The molecule has 0 aromatic carbocycles. The van der Waals surface area contributed by atoms with Crippen molar-refractivity contribution in [3.63, 3.8) is 0 Å². The number of carbonyl (C=O) groups excluding carboxylic acids is 3. The van der Waals surface area contributed by atoms with Crippen molar-refractivity contribution in [1.82, 2.24) is 9.88 Å². The molecule has 32 heavy (non-hydrogen) atoms. The Morgan fingerprint density at radius 3 is 2.41 bits per heavy atom. The molecule has 1 heterocycles. The van der Waals surface area contributed by atoms with Crippen LogP contribution in [0.3, 0.4) is 0 Å². The van der Waals surface area contributed by atoms with Gasteiger partial charge in [-0.3, -0.25) is 14.4 Å². The van der Waals surface area contributed by atoms with E-state index in [4.69, 9.17) is 4.74 Å². The Balaban J connectivity index is 1.43. The highest BCUT2D eigenvalue weighted by atomic mass is 16.5. The van der Waals surface area contributed by atoms with Gasteiger partial charge in [0.2, 0.25) is 11.7 Å². The fourth-order valence-electron chi connectivity index (χ4n) is 7.20. The number of hydrogen-bond donors (Lipinski definition) is 1. The molecule has 2 atom stereocenters. The van der Waals surface area contributed by atoms with E-state index in [1.165, 1.54) is 0 Å². The Morgan fingerprint density at radius 1 is 1.16 bits per heavy atom. The van der Waals surface area contributed by atoms with Crippen molar-refractivity contribution in [2.45, 2.75) is 91.6 Å². The molecule has 6 heteroatoms. The number of aryl methyl sites for hydroxylation is 1. The zero-order chi connectivity index (χ0) is 23.3. The third-order valence-corrected chi connectivity index (χ3v) is 8.07. The first kappa shape index (κ1) is 23.1. The Labute approximate surface area is 191 Å². The molecule has 5 rings (SSSR count). The molecule has 4 aliphatic carbocycles. The number of Topliss-reactive ketones (excluding diaryl/α,β-unsaturated/α-hetero) is 1. The highest BCUT2D eigenvalue weighted by Crippen LogP contribution is 2.62. The molecule has 0 aliphatic heterocycles. The van der Waals surface area contributed by atoms with Crippen LogP contribution in [-0.2, 0) is 20.9 Å². The molecule has 6 nitrogen and oxygen atoms in total. The summed E-state index contributed by atoms with van der Waals surface area (Å²) in [5, 5.41) is 3.18. The quantitative estimate of drug-likeness (QED) is 0.480. The van der Waals surface area contributed by atoms with Gasteiger partial charge in [-0.1, -0.05) is 13.8 Å². The van der Waals surface area contributed by atoms with Gasteiger partial charge >= 0.3 is 5.97 Å². The summed E-state index contributed by atoms with van der Waals surface area (Å²) < 4.78 is 7.87. The first-order chi connectivity index (χ1) is 15.0. The standard InChI is InChI=1S/C26H38N2O4/c1-16(2)6-7-28-17(3)8-22(18(28)4)23(30)14-32-24(31)25-10-20-9-21(11-25)13-26(12-20,15-25)27-19(5)29/h8,16,20-21H,6-7,9-15H2,1-5H3,(H,27,29). The van der Waals surface area contributed by atoms with Crippen LogP contribution in [0.25, 0.3) is 0 Å². The van der Waals surface area contributed by atoms with Crippen molar-refractivity contribution >= 4 is 17.7 Å². The topological polar surface area (TPSA) is 77.4 Å². The molecule has 1 aromatic rings. The molecule has 1 aromatic heterocycles. The number of rotatable bonds is 8. The number of ketones is 1. The Kier molecular flexibility index (Phi) is 6.01. The summed E-state index contributed by atoms with van der Waals surface area (Å²) >= 11 is 0. The van der Waals surface area contributed by atoms with Gasteiger partial charge in [-0.25, -0.2) is 0 Å². The van der Waals surface area contributed by atoms with Crippen molar-refractivity contribution in [2.24, 2.45) is 23.2 Å². The first-order valence-electron chi connectivity index (χ1n) is 12.2. The van der Waals surface area contributed by atoms with E-state index in [2.05, 4.69) is 23.7 Å². The molecule has 0 radical (unpaired) electrons. The molecule has 0 spiro atoms. The number of ether oxygens (including phenoxy) is 1. The number of amides is 1. The number of hydrogen-bond acceptors (Lipinski definition) is 4. The van der Waals surface area contributed by atoms with E-state index < -0.39 is 5.41 Å². The van der Waals surface area contributed by atoms with Crippen LogP contribution in [0, 0.1) is 37.0 Å². The number of carbonyl (C=O) groups is 3. The minimum Gasteiger partial charge on any atom is -0.457 e. The zero-order valence-electron chi connectivity index (χ0n) is 20.3. The van der Waals surface area contributed by atoms with E-state index in [-0.39, 0.29) is 29.8 Å². The first-order valence-corrected chi connectivity index (χ1v) is 12.2. The highest BCUT2D eigenvalue weighted by molar-refractivity contribution is 5.99. The second-order valence-electron chi connectivity index (χ2n) is 11.3. The van der Waals surface area contributed by atoms with Crippen LogP contribution in [0.15, 0.2) is 6.07 Å². The summed E-state index contributed by atoms with van der Waals surface area (Å²) in [6, 6.07) is 1.92. The van der Waals surface area contributed by atoms with Crippen molar-refractivity contribution in [2.75, 3.05) is 6.61 Å². The van der Waals surface area contributed by atoms with Crippen molar-refractivity contribution in [3.05, 3.63) is 23.0 Å². The van der Waals surface area contributed by atoms with Crippen LogP contribution in [0.1, 0.15) is 87.5 Å². The van der Waals surface area contributed by atoms with Gasteiger partial charge in [-0.05, 0) is 82.6 Å². The van der Waals surface area contributed by atoms with Crippen molar-refractivity contribution < 1.29 is 19.1 Å². The van der Waals surface area contributed by atoms with Gasteiger partial charge in [0, 0.05) is 36.0 Å². The maximum Gasteiger partial charge on any atom is 0.312 e. The maximum atomic E-state index is 13.3. The van der Waals surface area contributed by atoms with E-state index in [9.17, 15) is 14.4 Å². The van der Waals surface area contributed by atoms with E-state index in [0.717, 1.165) is 56.5 Å². The lowest BCUT2D eigenvalue weighted by Crippen LogP contribution is -2.64. The SMILES string of the molecule is CC(=O)NC12CC3CC(C1)CC(C(=O)OCC(=O)c1cc(C)n(CCC(C)C)c1C)(C3)C2. The fourth-order valence-corrected chi connectivity index (χ4v) is 7.20. The summed E-state index contributed by atoms with van der Waals surface area (Å²) in [6.07, 6.45) is 6.39. The highest BCUT2D eigenvalue weighted by Gasteiger charge is 2.61. The second-order valence-corrected chi connectivity index (χ2v) is 11.3. The van der Waals surface area contributed by atoms with Crippen LogP contribution >= 0.6 is 0 Å². The molecule has 1 amide bonds. The summed E-state index contributed by atoms with van der Waals surface area (Å²) in [7, 11) is 0. The third-order valence-electron chi connectivity index (χ3n) is 8.07. The Hall–Kier alpha value is -2.11. The zero-order valence-corrected chi connectivity index (χ0v) is 20.3. The number of esters is 1. The lowest BCUT2D eigenvalue weighted by Gasteiger charge is -2.60. The van der Waals surface area contributed by atoms with Gasteiger partial charge < -0.3 is 14.6 Å². The van der Waals surface area contributed by atoms with Gasteiger partial charge in [-0.2, -0.15) is 0 Å². The number of aromatic nitrogens is 1. The van der Waals surface area contributed by atoms with Crippen LogP contribution in [0.4, 0.5) is 0 Å². The molecule has 1 N–H and O–H groups in total. The number of nitrogens with zero attached hydrogens (tertiary/aromatic N) is 1. The molecular formula is C26H38N2O4. The lowest BCUT2D eigenvalue weighted by molar-refractivity contribution is -0.174. The fraction of sp³-hybridized carbons (Fsp3) is 0.731. The average molecular weight is 443 g/mol. The second kappa shape index (κ2) is 8.35. The van der Waals surface area contributed by atoms with Gasteiger partial charge in [0.05, 0.1) is 5.41 Å². The maximum absolute atomic E-state index is 13.3. The summed E-state index contributed by atoms with van der Waals surface area (Å²) in [5.74, 6) is 1.08. The van der Waals surface area contributed by atoms with E-state index >= 15 is 0 Å². The minimum absolute atomic E-state index is 0.0292. The van der Waals surface area contributed by atoms with E-state index in [1.54, 1.807) is 6.92 Å². The largest absolute Gasteiger partial charge is 0.457 e. The third kappa shape index (κ3) is 4.25. The van der Waals surface area contributed by atoms with Gasteiger partial charge in [0.25, 0.3) is 0 Å². The molecular weight excluding hydrogens is 404 g/mol. The number of nitrogens with one attached hydrogen (secondary N) is 1. The molecule has 176 valence electrons. The van der Waals surface area contributed by atoms with Crippen LogP contribution in [-0.4, -0.2) is 34.4 Å². The lowest BCUT2D eigenvalue weighted by atomic mass is 9.47. The van der Waals surface area contributed by atoms with Crippen LogP contribution in [0.5, 0.6) is 0 Å². The minimum atomic E-state index is -0.555. The Morgan fingerprint density at radius 2 is 1.81 bits per heavy atom. The normalized spacial score (nSPS) is 30.6. The summed E-state index contributed by atoms with van der Waals surface area (Å²) in [6.45, 7) is 10.6. The van der Waals surface area contributed by atoms with Gasteiger partial charge in [0.1, 0.15) is 0 Å². The van der Waals surface area contributed by atoms with Gasteiger partial charge in [0.15, 0.2) is 6.61 Å². The molecule has 4 fully saturated rings. The molecule has 0 saturated heterocycles. The van der Waals surface area contributed by atoms with Crippen LogP contribution in [0.2, 0.25) is 0 Å².